The first-order valence-corrected chi connectivity index (χ1v) is 22.9. The molecule has 0 atom stereocenters. The zero-order valence-electron chi connectivity index (χ0n) is 34.3. The van der Waals surface area contributed by atoms with E-state index < -0.39 is 27.8 Å². The highest BCUT2D eigenvalue weighted by molar-refractivity contribution is 7.90. The van der Waals surface area contributed by atoms with Crippen LogP contribution in [0, 0.1) is 18.8 Å². The molecule has 2 amide bonds. The minimum atomic E-state index is -4.35. The van der Waals surface area contributed by atoms with Gasteiger partial charge in [-0.05, 0) is 97.8 Å². The van der Waals surface area contributed by atoms with Crippen LogP contribution in [-0.2, 0) is 34.3 Å². The number of amides is 2. The van der Waals surface area contributed by atoms with Crippen molar-refractivity contribution in [2.45, 2.75) is 70.9 Å². The molecule has 0 bridgehead atoms. The third kappa shape index (κ3) is 8.73. The van der Waals surface area contributed by atoms with Crippen LogP contribution in [0.15, 0.2) is 90.0 Å². The number of aliphatic carboxylic acids is 1. The van der Waals surface area contributed by atoms with Gasteiger partial charge in [0.15, 0.2) is 5.13 Å². The van der Waals surface area contributed by atoms with Crippen molar-refractivity contribution >= 4 is 66.0 Å². The molecule has 0 unspecified atom stereocenters. The van der Waals surface area contributed by atoms with E-state index in [-0.39, 0.29) is 16.5 Å². The molecule has 6 aromatic rings. The van der Waals surface area contributed by atoms with Crippen molar-refractivity contribution in [2.24, 2.45) is 11.8 Å². The van der Waals surface area contributed by atoms with Crippen molar-refractivity contribution in [3.05, 3.63) is 113 Å². The highest BCUT2D eigenvalue weighted by Gasteiger charge is 2.29. The van der Waals surface area contributed by atoms with Crippen LogP contribution in [0.2, 0.25) is 0 Å². The van der Waals surface area contributed by atoms with E-state index in [2.05, 4.69) is 34.0 Å². The summed E-state index contributed by atoms with van der Waals surface area (Å²) in [4.78, 5) is 52.9. The number of carbonyl (C=O) groups is 3. The summed E-state index contributed by atoms with van der Waals surface area (Å²) in [5.41, 5.74) is 5.83. The minimum absolute atomic E-state index is 0.0724. The number of carboxylic acid groups (broad SMARTS) is 1. The fourth-order valence-corrected chi connectivity index (χ4v) is 10.0. The SMILES string of the molecule is CCC(CC)Cn1ncc(-c2ccc(N3CCc4cccc(C(=O)Nc5nc6ccccc6s5)c4C3)nc2C(=O)NS(=O)(=O)c2ccc(N3CCC(C(=O)O)CC3)cc2)c1C. The average Bonchev–Trinajstić information content (AvgIpc) is 3.86. The number of rotatable bonds is 13. The number of hydrogen-bond acceptors (Lipinski definition) is 11. The van der Waals surface area contributed by atoms with Crippen LogP contribution in [-0.4, -0.2) is 70.7 Å². The molecule has 3 N–H and O–H groups in total. The van der Waals surface area contributed by atoms with Gasteiger partial charge in [-0.1, -0.05) is 62.3 Å². The Morgan fingerprint density at radius 3 is 2.34 bits per heavy atom. The molecule has 0 spiro atoms. The van der Waals surface area contributed by atoms with Crippen LogP contribution in [0.1, 0.15) is 77.2 Å². The van der Waals surface area contributed by atoms with Crippen molar-refractivity contribution in [3.63, 3.8) is 0 Å². The second kappa shape index (κ2) is 17.5. The summed E-state index contributed by atoms with van der Waals surface area (Å²) in [6, 6.07) is 23.2. The summed E-state index contributed by atoms with van der Waals surface area (Å²) in [5, 5.41) is 17.5. The van der Waals surface area contributed by atoms with E-state index in [1.54, 1.807) is 30.5 Å². The lowest BCUT2D eigenvalue weighted by molar-refractivity contribution is -0.142. The highest BCUT2D eigenvalue weighted by atomic mass is 32.2. The quantitative estimate of drug-likeness (QED) is 0.105. The fourth-order valence-electron chi connectivity index (χ4n) is 8.23. The molecule has 0 radical (unpaired) electrons. The van der Waals surface area contributed by atoms with Gasteiger partial charge in [-0.25, -0.2) is 23.1 Å². The summed E-state index contributed by atoms with van der Waals surface area (Å²) in [7, 11) is -4.35. The number of nitrogens with one attached hydrogen (secondary N) is 2. The fraction of sp³-hybridized carbons (Fsp3) is 0.333. The van der Waals surface area contributed by atoms with Crippen LogP contribution in [0.3, 0.4) is 0 Å². The molecule has 1 saturated heterocycles. The number of thiazole rings is 1. The smallest absolute Gasteiger partial charge is 0.306 e. The summed E-state index contributed by atoms with van der Waals surface area (Å²) in [6.45, 7) is 8.90. The third-order valence-electron chi connectivity index (χ3n) is 12.0. The molecule has 3 aromatic heterocycles. The Labute approximate surface area is 358 Å². The van der Waals surface area contributed by atoms with E-state index in [0.717, 1.165) is 45.6 Å². The maximum atomic E-state index is 14.3. The number of nitrogens with zero attached hydrogens (tertiary/aromatic N) is 6. The lowest BCUT2D eigenvalue weighted by Gasteiger charge is -2.32. The van der Waals surface area contributed by atoms with Gasteiger partial charge >= 0.3 is 5.97 Å². The maximum absolute atomic E-state index is 14.3. The number of anilines is 3. The second-order valence-electron chi connectivity index (χ2n) is 15.7. The van der Waals surface area contributed by atoms with E-state index in [9.17, 15) is 27.9 Å². The number of sulfonamides is 1. The molecule has 16 heteroatoms. The van der Waals surface area contributed by atoms with Crippen molar-refractivity contribution in [1.29, 1.82) is 0 Å². The summed E-state index contributed by atoms with van der Waals surface area (Å²) in [5.74, 6) is -1.49. The van der Waals surface area contributed by atoms with Crippen LogP contribution in [0.25, 0.3) is 21.3 Å². The minimum Gasteiger partial charge on any atom is -0.481 e. The molecule has 2 aliphatic heterocycles. The Hall–Kier alpha value is -6.13. The summed E-state index contributed by atoms with van der Waals surface area (Å²) in [6.07, 6.45) is 5.29. The number of fused-ring (bicyclic) bond motifs is 2. The Balaban J connectivity index is 1.08. The normalized spacial score (nSPS) is 14.6. The van der Waals surface area contributed by atoms with E-state index >= 15 is 0 Å². The molecule has 316 valence electrons. The van der Waals surface area contributed by atoms with E-state index in [1.165, 1.54) is 23.5 Å². The Morgan fingerprint density at radius 1 is 0.869 bits per heavy atom. The Kier molecular flexibility index (Phi) is 11.9. The van der Waals surface area contributed by atoms with Gasteiger partial charge in [0.1, 0.15) is 11.5 Å². The number of para-hydroxylation sites is 1. The molecule has 2 aliphatic rings. The molecule has 0 saturated carbocycles. The van der Waals surface area contributed by atoms with E-state index in [4.69, 9.17) is 4.98 Å². The molecule has 5 heterocycles. The number of aromatic nitrogens is 4. The summed E-state index contributed by atoms with van der Waals surface area (Å²) >= 11 is 1.41. The van der Waals surface area contributed by atoms with Crippen molar-refractivity contribution in [3.8, 4) is 11.1 Å². The van der Waals surface area contributed by atoms with Crippen LogP contribution in [0.5, 0.6) is 0 Å². The van der Waals surface area contributed by atoms with Gasteiger partial charge in [0.25, 0.3) is 21.8 Å². The van der Waals surface area contributed by atoms with Crippen LogP contribution < -0.4 is 19.8 Å². The monoisotopic (exact) mass is 860 g/mol. The standard InChI is InChI=1S/C45H48N8O6S2/c1-4-29(5-2)26-53-28(3)36(25-46-53)34-17-18-40(48-41(34)43(55)50-61(58,59)33-15-13-32(14-16-33)51-22-20-31(21-23-51)44(56)57)52-24-19-30-9-8-10-35(37(30)27-52)42(54)49-45-47-38-11-6-7-12-39(38)60-45/h6-18,25,29,31H,4-5,19-24,26-27H2,1-3H3,(H,50,55)(H,56,57)(H,47,49,54). The largest absolute Gasteiger partial charge is 0.481 e. The first kappa shape index (κ1) is 41.6. The molecule has 61 heavy (non-hydrogen) atoms. The first-order valence-electron chi connectivity index (χ1n) is 20.6. The average molecular weight is 861 g/mol. The molecule has 14 nitrogen and oxygen atoms in total. The predicted octanol–water partition coefficient (Wildman–Crippen LogP) is 7.53. The van der Waals surface area contributed by atoms with Crippen molar-refractivity contribution in [1.82, 2.24) is 24.5 Å². The second-order valence-corrected chi connectivity index (χ2v) is 18.4. The van der Waals surface area contributed by atoms with Gasteiger partial charge in [-0.3, -0.25) is 24.4 Å². The maximum Gasteiger partial charge on any atom is 0.306 e. The molecular weight excluding hydrogens is 813 g/mol. The lowest BCUT2D eigenvalue weighted by Crippen LogP contribution is -2.36. The highest BCUT2D eigenvalue weighted by Crippen LogP contribution is 2.33. The number of pyridine rings is 1. The number of hydrogen-bond donors (Lipinski definition) is 3. The molecular formula is C45H48N8O6S2. The van der Waals surface area contributed by atoms with Gasteiger partial charge in [0, 0.05) is 60.8 Å². The topological polar surface area (TPSA) is 180 Å². The zero-order valence-corrected chi connectivity index (χ0v) is 35.9. The van der Waals surface area contributed by atoms with E-state index in [0.29, 0.717) is 85.5 Å². The van der Waals surface area contributed by atoms with Gasteiger partial charge in [-0.15, -0.1) is 0 Å². The predicted molar refractivity (Wildman–Crippen MR) is 237 cm³/mol. The Bertz CT molecular complexity index is 2690. The lowest BCUT2D eigenvalue weighted by atomic mass is 9.94. The van der Waals surface area contributed by atoms with Crippen molar-refractivity contribution in [2.75, 3.05) is 34.8 Å². The number of carbonyl (C=O) groups excluding carboxylic acids is 2. The van der Waals surface area contributed by atoms with E-state index in [1.807, 2.05) is 63.9 Å². The first-order chi connectivity index (χ1) is 29.4. The molecule has 3 aromatic carbocycles. The molecule has 1 fully saturated rings. The molecule has 0 aliphatic carbocycles. The van der Waals surface area contributed by atoms with Crippen molar-refractivity contribution < 1.29 is 27.9 Å². The Morgan fingerprint density at radius 2 is 1.62 bits per heavy atom. The molecule has 8 rings (SSSR count). The number of benzene rings is 3. The number of piperidine rings is 1. The third-order valence-corrected chi connectivity index (χ3v) is 14.3. The van der Waals surface area contributed by atoms with Gasteiger partial charge < -0.3 is 14.9 Å². The van der Waals surface area contributed by atoms with Gasteiger partial charge in [-0.2, -0.15) is 5.10 Å². The van der Waals surface area contributed by atoms with Gasteiger partial charge in [0.2, 0.25) is 0 Å². The van der Waals surface area contributed by atoms with Crippen LogP contribution in [0.4, 0.5) is 16.6 Å². The van der Waals surface area contributed by atoms with Gasteiger partial charge in [0.05, 0.1) is 27.2 Å². The zero-order chi connectivity index (χ0) is 42.8. The van der Waals surface area contributed by atoms with Crippen LogP contribution >= 0.6 is 11.3 Å². The summed E-state index contributed by atoms with van der Waals surface area (Å²) < 4.78 is 32.8. The number of carboxylic acids is 1.